The van der Waals surface area contributed by atoms with Crippen molar-refractivity contribution in [3.05, 3.63) is 71.8 Å². The molecule has 0 amide bonds. The van der Waals surface area contributed by atoms with Crippen molar-refractivity contribution < 1.29 is 32.7 Å². The Morgan fingerprint density at radius 3 is 0.739 bits per heavy atom. The number of hydrogen-bond donors (Lipinski definition) is 0. The monoisotopic (exact) mass is 391 g/mol. The van der Waals surface area contributed by atoms with Crippen molar-refractivity contribution in [3.8, 4) is 0 Å². The maximum atomic E-state index is 2.93. The standard InChI is InChI=1S/2C7H7.4C2H6.Y/c2*1-7-5-3-2-4-6-7;4*1-2;/h2*3-6H,1H3;4*1-2H3;/q2*-1;;;;;. The van der Waals surface area contributed by atoms with E-state index in [1.54, 1.807) is 0 Å². The van der Waals surface area contributed by atoms with Crippen molar-refractivity contribution in [2.24, 2.45) is 0 Å². The summed E-state index contributed by atoms with van der Waals surface area (Å²) in [7, 11) is 0. The minimum atomic E-state index is 0. The van der Waals surface area contributed by atoms with Crippen molar-refractivity contribution in [2.45, 2.75) is 69.2 Å². The van der Waals surface area contributed by atoms with Crippen LogP contribution >= 0.6 is 0 Å². The van der Waals surface area contributed by atoms with Crippen LogP contribution in [0.4, 0.5) is 0 Å². The number of aryl methyl sites for hydroxylation is 2. The maximum Gasteiger partial charge on any atom is 0 e. The van der Waals surface area contributed by atoms with Crippen LogP contribution in [-0.2, 0) is 32.7 Å². The molecular formula is C22H38Y-2. The molecule has 0 aliphatic rings. The summed E-state index contributed by atoms with van der Waals surface area (Å²) in [6, 6.07) is 21.6. The molecule has 2 aromatic rings. The molecule has 0 spiro atoms. The zero-order valence-electron chi connectivity index (χ0n) is 17.2. The van der Waals surface area contributed by atoms with Crippen molar-refractivity contribution in [3.63, 3.8) is 0 Å². The van der Waals surface area contributed by atoms with E-state index in [1.807, 2.05) is 104 Å². The van der Waals surface area contributed by atoms with Gasteiger partial charge in [-0.2, -0.15) is 71.8 Å². The Labute approximate surface area is 173 Å². The molecule has 0 unspecified atom stereocenters. The van der Waals surface area contributed by atoms with Crippen molar-refractivity contribution in [2.75, 3.05) is 0 Å². The van der Waals surface area contributed by atoms with Gasteiger partial charge in [-0.1, -0.05) is 69.2 Å². The fourth-order valence-electron chi connectivity index (χ4n) is 0.940. The first kappa shape index (κ1) is 34.0. The average Bonchev–Trinajstić information content (AvgIpc) is 2.64. The SMILES string of the molecule is CC.CC.CC.CC.Cc1cc[c-]cc1.Cc1cc[c-]cc1.[Y]. The van der Waals surface area contributed by atoms with E-state index in [4.69, 9.17) is 0 Å². The molecule has 131 valence electrons. The Kier molecular flexibility index (Phi) is 55.6. The van der Waals surface area contributed by atoms with Crippen LogP contribution < -0.4 is 0 Å². The Morgan fingerprint density at radius 1 is 0.478 bits per heavy atom. The van der Waals surface area contributed by atoms with Gasteiger partial charge in [0.15, 0.2) is 0 Å². The maximum absolute atomic E-state index is 2.93. The smallest absolute Gasteiger partial charge is 0 e. The van der Waals surface area contributed by atoms with Crippen LogP contribution in [0.2, 0.25) is 0 Å². The van der Waals surface area contributed by atoms with Crippen LogP contribution in [0, 0.1) is 26.0 Å². The minimum Gasteiger partial charge on any atom is -0.184 e. The number of hydrogen-bond acceptors (Lipinski definition) is 0. The first-order valence-electron chi connectivity index (χ1n) is 8.64. The Balaban J connectivity index is -0.0000000639. The molecular weight excluding hydrogens is 353 g/mol. The van der Waals surface area contributed by atoms with Gasteiger partial charge >= 0.3 is 0 Å². The largest absolute Gasteiger partial charge is 0.184 e. The van der Waals surface area contributed by atoms with E-state index in [0.29, 0.717) is 0 Å². The summed E-state index contributed by atoms with van der Waals surface area (Å²) < 4.78 is 0. The van der Waals surface area contributed by atoms with Gasteiger partial charge in [0.1, 0.15) is 0 Å². The molecule has 2 aromatic carbocycles. The molecule has 0 saturated carbocycles. The van der Waals surface area contributed by atoms with Gasteiger partial charge in [0.05, 0.1) is 0 Å². The van der Waals surface area contributed by atoms with Crippen LogP contribution in [0.5, 0.6) is 0 Å². The summed E-state index contributed by atoms with van der Waals surface area (Å²) >= 11 is 0. The van der Waals surface area contributed by atoms with E-state index in [-0.39, 0.29) is 32.7 Å². The summed E-state index contributed by atoms with van der Waals surface area (Å²) in [5.74, 6) is 0. The molecule has 0 heterocycles. The molecule has 0 aliphatic carbocycles. The van der Waals surface area contributed by atoms with Gasteiger partial charge in [-0.15, -0.1) is 0 Å². The van der Waals surface area contributed by atoms with Gasteiger partial charge in [0.25, 0.3) is 0 Å². The molecule has 0 bridgehead atoms. The third kappa shape index (κ3) is 34.1. The second-order valence-electron chi connectivity index (χ2n) is 3.15. The molecule has 0 N–H and O–H groups in total. The van der Waals surface area contributed by atoms with Crippen molar-refractivity contribution in [1.82, 2.24) is 0 Å². The van der Waals surface area contributed by atoms with Crippen LogP contribution in [0.3, 0.4) is 0 Å². The molecule has 0 aromatic heterocycles. The van der Waals surface area contributed by atoms with Gasteiger partial charge in [0.2, 0.25) is 0 Å². The summed E-state index contributed by atoms with van der Waals surface area (Å²) in [5.41, 5.74) is 2.58. The van der Waals surface area contributed by atoms with E-state index in [0.717, 1.165) is 0 Å². The van der Waals surface area contributed by atoms with E-state index in [9.17, 15) is 0 Å². The molecule has 1 radical (unpaired) electrons. The van der Waals surface area contributed by atoms with E-state index < -0.39 is 0 Å². The molecule has 0 aliphatic heterocycles. The summed E-state index contributed by atoms with van der Waals surface area (Å²) in [4.78, 5) is 0. The van der Waals surface area contributed by atoms with Gasteiger partial charge < -0.3 is 0 Å². The zero-order valence-corrected chi connectivity index (χ0v) is 20.0. The average molecular weight is 391 g/mol. The van der Waals surface area contributed by atoms with Crippen molar-refractivity contribution in [1.29, 1.82) is 0 Å². The van der Waals surface area contributed by atoms with E-state index in [2.05, 4.69) is 26.0 Å². The number of benzene rings is 2. The predicted octanol–water partition coefficient (Wildman–Crippen LogP) is 7.69. The third-order valence-electron chi connectivity index (χ3n) is 1.77. The summed E-state index contributed by atoms with van der Waals surface area (Å²) in [5, 5.41) is 0. The van der Waals surface area contributed by atoms with Crippen molar-refractivity contribution >= 4 is 0 Å². The van der Waals surface area contributed by atoms with Gasteiger partial charge in [-0.05, 0) is 0 Å². The Bertz CT molecular complexity index is 303. The molecule has 1 heteroatoms. The van der Waals surface area contributed by atoms with Crippen LogP contribution in [0.15, 0.2) is 48.5 Å². The first-order valence-corrected chi connectivity index (χ1v) is 8.64. The molecule has 0 nitrogen and oxygen atoms in total. The predicted molar refractivity (Wildman–Crippen MR) is 105 cm³/mol. The quantitative estimate of drug-likeness (QED) is 0.404. The fourth-order valence-corrected chi connectivity index (χ4v) is 0.940. The van der Waals surface area contributed by atoms with Crippen LogP contribution in [0.1, 0.15) is 66.5 Å². The van der Waals surface area contributed by atoms with Gasteiger partial charge in [0, 0.05) is 32.7 Å². The molecule has 2 rings (SSSR count). The molecule has 0 fully saturated rings. The van der Waals surface area contributed by atoms with E-state index in [1.165, 1.54) is 11.1 Å². The van der Waals surface area contributed by atoms with Crippen LogP contribution in [0.25, 0.3) is 0 Å². The molecule has 0 saturated heterocycles. The third-order valence-corrected chi connectivity index (χ3v) is 1.77. The van der Waals surface area contributed by atoms with Crippen LogP contribution in [-0.4, -0.2) is 0 Å². The zero-order chi connectivity index (χ0) is 18.2. The van der Waals surface area contributed by atoms with E-state index >= 15 is 0 Å². The Hall–Kier alpha value is -0.456. The minimum absolute atomic E-state index is 0. The molecule has 0 atom stereocenters. The normalized spacial score (nSPS) is 6.35. The second-order valence-corrected chi connectivity index (χ2v) is 3.15. The topological polar surface area (TPSA) is 0 Å². The van der Waals surface area contributed by atoms with Gasteiger partial charge in [-0.25, -0.2) is 0 Å². The van der Waals surface area contributed by atoms with Gasteiger partial charge in [-0.3, -0.25) is 0 Å². The number of rotatable bonds is 0. The molecule has 23 heavy (non-hydrogen) atoms. The first-order chi connectivity index (χ1) is 10.8. The summed E-state index contributed by atoms with van der Waals surface area (Å²) in [6.07, 6.45) is 0. The summed E-state index contributed by atoms with van der Waals surface area (Å²) in [6.45, 7) is 20.1. The second kappa shape index (κ2) is 37.6. The fraction of sp³-hybridized carbons (Fsp3) is 0.455. The Morgan fingerprint density at radius 2 is 0.652 bits per heavy atom.